The Kier molecular flexibility index (Phi) is 1.53. The fourth-order valence-corrected chi connectivity index (χ4v) is 1.14. The first kappa shape index (κ1) is 6.87. The van der Waals surface area contributed by atoms with Crippen LogP contribution < -0.4 is 10.4 Å². The molecule has 0 bridgehead atoms. The fraction of sp³-hybridized carbons (Fsp3) is 0. The summed E-state index contributed by atoms with van der Waals surface area (Å²) >= 11 is 0. The number of allylic oxidation sites excluding steroid dienone is 2. The van der Waals surface area contributed by atoms with Crippen LogP contribution in [0.15, 0.2) is 30.4 Å². The van der Waals surface area contributed by atoms with Crippen LogP contribution in [0.25, 0.3) is 11.5 Å². The number of aldehydes is 1. The van der Waals surface area contributed by atoms with Crippen LogP contribution in [-0.4, -0.2) is 6.29 Å². The van der Waals surface area contributed by atoms with E-state index in [1.54, 1.807) is 18.2 Å². The van der Waals surface area contributed by atoms with E-state index < -0.39 is 0 Å². The minimum atomic E-state index is 0.679. The summed E-state index contributed by atoms with van der Waals surface area (Å²) in [6.07, 6.45) is 4.43. The molecule has 0 N–H and O–H groups in total. The van der Waals surface area contributed by atoms with Gasteiger partial charge in [0.2, 0.25) is 0 Å². The highest BCUT2D eigenvalue weighted by Crippen LogP contribution is 1.85. The van der Waals surface area contributed by atoms with Crippen LogP contribution in [0, 0.1) is 0 Å². The van der Waals surface area contributed by atoms with Crippen LogP contribution in [0.5, 0.6) is 0 Å². The quantitative estimate of drug-likeness (QED) is 0.534. The molecule has 1 aliphatic carbocycles. The Morgan fingerprint density at radius 1 is 1.08 bits per heavy atom. The van der Waals surface area contributed by atoms with E-state index >= 15 is 0 Å². The normalized spacial score (nSPS) is 11.3. The SMILES string of the molecule is O=Cc1ccc2c(c1)=C=CC=C=2. The predicted molar refractivity (Wildman–Crippen MR) is 47.0 cm³/mol. The summed E-state index contributed by atoms with van der Waals surface area (Å²) in [6.45, 7) is 0. The summed E-state index contributed by atoms with van der Waals surface area (Å²) in [6, 6.07) is 5.45. The maximum atomic E-state index is 10.4. The van der Waals surface area contributed by atoms with Crippen molar-refractivity contribution < 1.29 is 4.79 Å². The molecule has 0 saturated heterocycles. The average molecular weight is 154 g/mol. The zero-order valence-electron chi connectivity index (χ0n) is 6.37. The van der Waals surface area contributed by atoms with E-state index in [0.717, 1.165) is 16.7 Å². The van der Waals surface area contributed by atoms with Gasteiger partial charge in [-0.2, -0.15) is 0 Å². The molecule has 0 heterocycles. The maximum absolute atomic E-state index is 10.4. The van der Waals surface area contributed by atoms with Gasteiger partial charge in [-0.3, -0.25) is 4.79 Å². The first-order valence-corrected chi connectivity index (χ1v) is 3.67. The van der Waals surface area contributed by atoms with Gasteiger partial charge in [0.1, 0.15) is 6.29 Å². The van der Waals surface area contributed by atoms with Gasteiger partial charge in [0.15, 0.2) is 0 Å². The molecule has 56 valence electrons. The van der Waals surface area contributed by atoms with Crippen molar-refractivity contribution in [2.75, 3.05) is 0 Å². The lowest BCUT2D eigenvalue weighted by Crippen LogP contribution is -2.23. The van der Waals surface area contributed by atoms with Crippen LogP contribution in [-0.2, 0) is 0 Å². The highest BCUT2D eigenvalue weighted by Gasteiger charge is 1.89. The molecule has 1 aliphatic rings. The molecule has 0 radical (unpaired) electrons. The van der Waals surface area contributed by atoms with Crippen LogP contribution in [0.4, 0.5) is 0 Å². The third-order valence-electron chi connectivity index (χ3n) is 1.74. The van der Waals surface area contributed by atoms with Gasteiger partial charge in [-0.1, -0.05) is 6.07 Å². The van der Waals surface area contributed by atoms with Crippen molar-refractivity contribution in [3.63, 3.8) is 0 Å². The third kappa shape index (κ3) is 1.04. The molecule has 1 nitrogen and oxygen atoms in total. The Balaban J connectivity index is 2.93. The van der Waals surface area contributed by atoms with E-state index in [0.29, 0.717) is 5.56 Å². The molecular weight excluding hydrogens is 148 g/mol. The van der Waals surface area contributed by atoms with Gasteiger partial charge >= 0.3 is 0 Å². The van der Waals surface area contributed by atoms with Crippen molar-refractivity contribution in [3.05, 3.63) is 46.4 Å². The first-order valence-electron chi connectivity index (χ1n) is 3.67. The summed E-state index contributed by atoms with van der Waals surface area (Å²) in [4.78, 5) is 10.4. The third-order valence-corrected chi connectivity index (χ3v) is 1.74. The predicted octanol–water partition coefficient (Wildman–Crippen LogP) is 0.384. The molecule has 0 atom stereocenters. The van der Waals surface area contributed by atoms with Crippen molar-refractivity contribution in [3.8, 4) is 0 Å². The number of rotatable bonds is 1. The van der Waals surface area contributed by atoms with Crippen LogP contribution >= 0.6 is 0 Å². The molecule has 0 aromatic heterocycles. The van der Waals surface area contributed by atoms with Crippen LogP contribution in [0.3, 0.4) is 0 Å². The molecule has 12 heavy (non-hydrogen) atoms. The standard InChI is InChI=1S/C11H6O/c12-8-9-5-6-10-3-1-2-4-11(10)7-9/h1-2,5-8H. The van der Waals surface area contributed by atoms with E-state index in [9.17, 15) is 4.79 Å². The van der Waals surface area contributed by atoms with Crippen molar-refractivity contribution in [1.29, 1.82) is 0 Å². The van der Waals surface area contributed by atoms with Crippen molar-refractivity contribution >= 4 is 17.7 Å². The second-order valence-electron chi connectivity index (χ2n) is 2.54. The Hall–Kier alpha value is -1.81. The molecule has 0 fully saturated rings. The maximum Gasteiger partial charge on any atom is 0.150 e. The Bertz CT molecular complexity index is 510. The highest BCUT2D eigenvalue weighted by molar-refractivity contribution is 5.74. The van der Waals surface area contributed by atoms with E-state index in [2.05, 4.69) is 11.5 Å². The second-order valence-corrected chi connectivity index (χ2v) is 2.54. The Morgan fingerprint density at radius 2 is 1.83 bits per heavy atom. The van der Waals surface area contributed by atoms with E-state index in [1.165, 1.54) is 0 Å². The lowest BCUT2D eigenvalue weighted by Gasteiger charge is -1.89. The Labute approximate surface area is 69.7 Å². The second kappa shape index (κ2) is 2.67. The fourth-order valence-electron chi connectivity index (χ4n) is 1.14. The molecule has 1 aromatic carbocycles. The van der Waals surface area contributed by atoms with E-state index in [4.69, 9.17) is 0 Å². The number of hydrogen-bond acceptors (Lipinski definition) is 1. The van der Waals surface area contributed by atoms with Crippen LogP contribution in [0.2, 0.25) is 0 Å². The number of carbonyl (C=O) groups excluding carboxylic acids is 1. The number of hydrogen-bond donors (Lipinski definition) is 0. The summed E-state index contributed by atoms with van der Waals surface area (Å²) in [5, 5.41) is 1.92. The van der Waals surface area contributed by atoms with Crippen molar-refractivity contribution in [2.45, 2.75) is 0 Å². The molecular formula is C11H6O. The molecule has 0 amide bonds. The minimum Gasteiger partial charge on any atom is -0.298 e. The zero-order valence-corrected chi connectivity index (χ0v) is 6.37. The molecule has 1 aromatic rings. The van der Waals surface area contributed by atoms with Gasteiger partial charge in [-0.25, -0.2) is 0 Å². The number of fused-ring (bicyclic) bond motifs is 1. The molecule has 0 spiro atoms. The van der Waals surface area contributed by atoms with Gasteiger partial charge < -0.3 is 0 Å². The molecule has 2 rings (SSSR count). The van der Waals surface area contributed by atoms with Crippen molar-refractivity contribution in [1.82, 2.24) is 0 Å². The van der Waals surface area contributed by atoms with Gasteiger partial charge in [-0.15, -0.1) is 11.5 Å². The summed E-state index contributed by atoms with van der Waals surface area (Å²) < 4.78 is 0. The lowest BCUT2D eigenvalue weighted by molar-refractivity contribution is 0.112. The number of benzene rings is 1. The molecule has 0 saturated carbocycles. The first-order chi connectivity index (χ1) is 5.90. The van der Waals surface area contributed by atoms with E-state index in [1.807, 2.05) is 12.1 Å². The topological polar surface area (TPSA) is 17.1 Å². The Morgan fingerprint density at radius 3 is 2.58 bits per heavy atom. The van der Waals surface area contributed by atoms with E-state index in [-0.39, 0.29) is 0 Å². The minimum absolute atomic E-state index is 0.679. The van der Waals surface area contributed by atoms with Gasteiger partial charge in [0.25, 0.3) is 0 Å². The van der Waals surface area contributed by atoms with Gasteiger partial charge in [0.05, 0.1) is 0 Å². The average Bonchev–Trinajstić information content (AvgIpc) is 2.17. The number of carbonyl (C=O) groups is 1. The molecule has 0 unspecified atom stereocenters. The highest BCUT2D eigenvalue weighted by atomic mass is 16.1. The summed E-state index contributed by atoms with van der Waals surface area (Å²) in [5.74, 6) is 0. The smallest absolute Gasteiger partial charge is 0.150 e. The molecule has 1 heteroatoms. The summed E-state index contributed by atoms with van der Waals surface area (Å²) in [7, 11) is 0. The largest absolute Gasteiger partial charge is 0.298 e. The van der Waals surface area contributed by atoms with Crippen LogP contribution in [0.1, 0.15) is 10.4 Å². The van der Waals surface area contributed by atoms with Gasteiger partial charge in [-0.05, 0) is 24.3 Å². The zero-order chi connectivity index (χ0) is 8.39. The summed E-state index contributed by atoms with van der Waals surface area (Å²) in [5.41, 5.74) is 6.77. The van der Waals surface area contributed by atoms with Gasteiger partial charge in [0, 0.05) is 16.0 Å². The van der Waals surface area contributed by atoms with Crippen molar-refractivity contribution in [2.24, 2.45) is 0 Å². The lowest BCUT2D eigenvalue weighted by atomic mass is 10.1. The molecule has 0 aliphatic heterocycles. The monoisotopic (exact) mass is 154 g/mol.